The third-order valence-electron chi connectivity index (χ3n) is 3.35. The molecule has 2 heterocycles. The Morgan fingerprint density at radius 1 is 1.37 bits per heavy atom. The van der Waals surface area contributed by atoms with Crippen molar-refractivity contribution in [3.63, 3.8) is 0 Å². The molecule has 0 atom stereocenters. The molecule has 2 rings (SSSR count). The number of nitrogens with zero attached hydrogens (tertiary/aromatic N) is 2. The van der Waals surface area contributed by atoms with Gasteiger partial charge in [0.05, 0.1) is 23.5 Å². The Labute approximate surface area is 114 Å². The SMILES string of the molecule is O=C(O)Cc1ncsc1CN1CCC(C(=O)O)CC1. The second-order valence-corrected chi connectivity index (χ2v) is 5.62. The summed E-state index contributed by atoms with van der Waals surface area (Å²) in [6.07, 6.45) is 1.26. The van der Waals surface area contributed by atoms with Crippen LogP contribution in [-0.4, -0.2) is 45.1 Å². The summed E-state index contributed by atoms with van der Waals surface area (Å²) in [5.41, 5.74) is 2.29. The summed E-state index contributed by atoms with van der Waals surface area (Å²) < 4.78 is 0. The number of rotatable bonds is 5. The van der Waals surface area contributed by atoms with Crippen LogP contribution in [0.2, 0.25) is 0 Å². The van der Waals surface area contributed by atoms with E-state index in [4.69, 9.17) is 10.2 Å². The van der Waals surface area contributed by atoms with Crippen LogP contribution in [0.25, 0.3) is 0 Å². The summed E-state index contributed by atoms with van der Waals surface area (Å²) in [7, 11) is 0. The first-order valence-corrected chi connectivity index (χ1v) is 7.02. The Kier molecular flexibility index (Phi) is 4.49. The highest BCUT2D eigenvalue weighted by Crippen LogP contribution is 2.22. The minimum absolute atomic E-state index is 0.0512. The quantitative estimate of drug-likeness (QED) is 0.840. The highest BCUT2D eigenvalue weighted by atomic mass is 32.1. The molecule has 1 aliphatic heterocycles. The molecule has 0 aromatic carbocycles. The van der Waals surface area contributed by atoms with Gasteiger partial charge in [0.2, 0.25) is 0 Å². The molecule has 7 heteroatoms. The number of aliphatic carboxylic acids is 2. The molecule has 1 saturated heterocycles. The fraction of sp³-hybridized carbons (Fsp3) is 0.583. The molecule has 0 amide bonds. The van der Waals surface area contributed by atoms with Gasteiger partial charge in [-0.25, -0.2) is 4.98 Å². The number of aromatic nitrogens is 1. The summed E-state index contributed by atoms with van der Waals surface area (Å²) >= 11 is 1.46. The van der Waals surface area contributed by atoms with E-state index in [1.165, 1.54) is 11.3 Å². The largest absolute Gasteiger partial charge is 0.481 e. The molecule has 0 aliphatic carbocycles. The number of carboxylic acids is 2. The van der Waals surface area contributed by atoms with Crippen molar-refractivity contribution < 1.29 is 19.8 Å². The molecule has 0 saturated carbocycles. The standard InChI is InChI=1S/C12H16N2O4S/c15-11(16)5-9-10(19-7-13-9)6-14-3-1-8(2-4-14)12(17)18/h7-8H,1-6H2,(H,15,16)(H,17,18). The van der Waals surface area contributed by atoms with Gasteiger partial charge < -0.3 is 10.2 Å². The van der Waals surface area contributed by atoms with Crippen LogP contribution in [0.15, 0.2) is 5.51 Å². The number of hydrogen-bond acceptors (Lipinski definition) is 5. The monoisotopic (exact) mass is 284 g/mol. The third-order valence-corrected chi connectivity index (χ3v) is 4.21. The third kappa shape index (κ3) is 3.74. The molecule has 1 aliphatic rings. The lowest BCUT2D eigenvalue weighted by Gasteiger charge is -2.29. The fourth-order valence-corrected chi connectivity index (χ4v) is 3.08. The van der Waals surface area contributed by atoms with E-state index in [0.717, 1.165) is 18.0 Å². The fourth-order valence-electron chi connectivity index (χ4n) is 2.25. The number of thiazole rings is 1. The van der Waals surface area contributed by atoms with E-state index in [-0.39, 0.29) is 12.3 Å². The van der Waals surface area contributed by atoms with Crippen LogP contribution in [0.3, 0.4) is 0 Å². The van der Waals surface area contributed by atoms with Gasteiger partial charge in [-0.2, -0.15) is 0 Å². The number of hydrogen-bond donors (Lipinski definition) is 2. The van der Waals surface area contributed by atoms with Gasteiger partial charge >= 0.3 is 11.9 Å². The molecule has 19 heavy (non-hydrogen) atoms. The van der Waals surface area contributed by atoms with Crippen molar-refractivity contribution in [3.8, 4) is 0 Å². The molecule has 0 radical (unpaired) electrons. The summed E-state index contributed by atoms with van der Waals surface area (Å²) in [5, 5.41) is 17.7. The van der Waals surface area contributed by atoms with Crippen LogP contribution in [0.4, 0.5) is 0 Å². The van der Waals surface area contributed by atoms with Gasteiger partial charge in [0.1, 0.15) is 0 Å². The van der Waals surface area contributed by atoms with E-state index in [1.54, 1.807) is 5.51 Å². The van der Waals surface area contributed by atoms with Gasteiger partial charge in [0.15, 0.2) is 0 Å². The molecule has 0 unspecified atom stereocenters. The topological polar surface area (TPSA) is 90.7 Å². The maximum atomic E-state index is 10.9. The summed E-state index contributed by atoms with van der Waals surface area (Å²) in [5.74, 6) is -1.84. The van der Waals surface area contributed by atoms with Gasteiger partial charge in [0.25, 0.3) is 0 Å². The zero-order valence-electron chi connectivity index (χ0n) is 10.4. The molecular formula is C12H16N2O4S. The van der Waals surface area contributed by atoms with Crippen molar-refractivity contribution >= 4 is 23.3 Å². The number of carbonyl (C=O) groups is 2. The Bertz CT molecular complexity index is 466. The first-order valence-electron chi connectivity index (χ1n) is 6.14. The first kappa shape index (κ1) is 14.0. The first-order chi connectivity index (χ1) is 9.06. The zero-order chi connectivity index (χ0) is 13.8. The lowest BCUT2D eigenvalue weighted by Crippen LogP contribution is -2.35. The van der Waals surface area contributed by atoms with Crippen molar-refractivity contribution in [3.05, 3.63) is 16.1 Å². The minimum Gasteiger partial charge on any atom is -0.481 e. The Morgan fingerprint density at radius 3 is 2.63 bits per heavy atom. The van der Waals surface area contributed by atoms with E-state index < -0.39 is 11.9 Å². The second kappa shape index (κ2) is 6.12. The van der Waals surface area contributed by atoms with Crippen molar-refractivity contribution in [1.29, 1.82) is 0 Å². The molecule has 1 aromatic heterocycles. The van der Waals surface area contributed by atoms with Gasteiger partial charge in [-0.05, 0) is 25.9 Å². The van der Waals surface area contributed by atoms with Crippen molar-refractivity contribution in [2.45, 2.75) is 25.8 Å². The van der Waals surface area contributed by atoms with Crippen LogP contribution < -0.4 is 0 Å². The highest BCUT2D eigenvalue weighted by Gasteiger charge is 2.25. The average Bonchev–Trinajstić information content (AvgIpc) is 2.76. The molecule has 104 valence electrons. The van der Waals surface area contributed by atoms with Crippen LogP contribution in [0.1, 0.15) is 23.4 Å². The maximum Gasteiger partial charge on any atom is 0.309 e. The van der Waals surface area contributed by atoms with E-state index in [1.807, 2.05) is 0 Å². The smallest absolute Gasteiger partial charge is 0.309 e. The Morgan fingerprint density at radius 2 is 2.05 bits per heavy atom. The second-order valence-electron chi connectivity index (χ2n) is 4.68. The van der Waals surface area contributed by atoms with E-state index in [2.05, 4.69) is 9.88 Å². The van der Waals surface area contributed by atoms with Gasteiger partial charge in [-0.15, -0.1) is 11.3 Å². The normalized spacial score (nSPS) is 17.5. The van der Waals surface area contributed by atoms with E-state index in [9.17, 15) is 9.59 Å². The van der Waals surface area contributed by atoms with Crippen molar-refractivity contribution in [2.75, 3.05) is 13.1 Å². The summed E-state index contributed by atoms with van der Waals surface area (Å²) in [6, 6.07) is 0. The summed E-state index contributed by atoms with van der Waals surface area (Å²) in [4.78, 5) is 28.8. The lowest BCUT2D eigenvalue weighted by molar-refractivity contribution is -0.143. The van der Waals surface area contributed by atoms with Crippen LogP contribution >= 0.6 is 11.3 Å². The molecule has 6 nitrogen and oxygen atoms in total. The highest BCUT2D eigenvalue weighted by molar-refractivity contribution is 7.09. The predicted octanol–water partition coefficient (Wildman–Crippen LogP) is 1.07. The van der Waals surface area contributed by atoms with Crippen molar-refractivity contribution in [2.24, 2.45) is 5.92 Å². The molecular weight excluding hydrogens is 268 g/mol. The van der Waals surface area contributed by atoms with Crippen molar-refractivity contribution in [1.82, 2.24) is 9.88 Å². The molecule has 0 spiro atoms. The minimum atomic E-state index is -0.878. The molecule has 2 N–H and O–H groups in total. The summed E-state index contributed by atoms with van der Waals surface area (Å²) in [6.45, 7) is 2.14. The molecule has 1 fully saturated rings. The molecule has 1 aromatic rings. The van der Waals surface area contributed by atoms with Crippen LogP contribution in [-0.2, 0) is 22.6 Å². The predicted molar refractivity (Wildman–Crippen MR) is 69.1 cm³/mol. The van der Waals surface area contributed by atoms with Gasteiger partial charge in [0, 0.05) is 11.4 Å². The van der Waals surface area contributed by atoms with E-state index in [0.29, 0.717) is 25.1 Å². The van der Waals surface area contributed by atoms with E-state index >= 15 is 0 Å². The zero-order valence-corrected chi connectivity index (χ0v) is 11.2. The van der Waals surface area contributed by atoms with Crippen LogP contribution in [0.5, 0.6) is 0 Å². The number of piperidine rings is 1. The lowest BCUT2D eigenvalue weighted by atomic mass is 9.97. The van der Waals surface area contributed by atoms with Gasteiger partial charge in [-0.1, -0.05) is 0 Å². The maximum absolute atomic E-state index is 10.9. The number of likely N-dealkylation sites (tertiary alicyclic amines) is 1. The number of carboxylic acid groups (broad SMARTS) is 2. The Balaban J connectivity index is 1.90. The van der Waals surface area contributed by atoms with Gasteiger partial charge in [-0.3, -0.25) is 14.5 Å². The Hall–Kier alpha value is -1.47. The average molecular weight is 284 g/mol. The molecule has 0 bridgehead atoms. The van der Waals surface area contributed by atoms with Crippen LogP contribution in [0, 0.1) is 5.92 Å².